The van der Waals surface area contributed by atoms with Gasteiger partial charge in [-0.25, -0.2) is 0 Å². The van der Waals surface area contributed by atoms with Crippen molar-refractivity contribution in [2.45, 2.75) is 0 Å². The van der Waals surface area contributed by atoms with Crippen LogP contribution in [0.25, 0.3) is 0 Å². The Morgan fingerprint density at radius 1 is 1.24 bits per heavy atom. The van der Waals surface area contributed by atoms with E-state index in [0.717, 1.165) is 15.2 Å². The third kappa shape index (κ3) is 3.08. The van der Waals surface area contributed by atoms with E-state index in [4.69, 9.17) is 4.74 Å². The molecule has 0 atom stereocenters. The van der Waals surface area contributed by atoms with Crippen molar-refractivity contribution in [3.05, 3.63) is 45.1 Å². The molecule has 0 radical (unpaired) electrons. The van der Waals surface area contributed by atoms with Gasteiger partial charge in [0.1, 0.15) is 5.75 Å². The van der Waals surface area contributed by atoms with Gasteiger partial charge in [-0.15, -0.1) is 11.3 Å². The van der Waals surface area contributed by atoms with E-state index in [0.29, 0.717) is 4.88 Å². The molecule has 2 rings (SSSR count). The lowest BCUT2D eigenvalue weighted by Crippen LogP contribution is -2.09. The van der Waals surface area contributed by atoms with E-state index in [9.17, 15) is 4.79 Å². The smallest absolute Gasteiger partial charge is 0.265 e. The highest BCUT2D eigenvalue weighted by Gasteiger charge is 2.08. The van der Waals surface area contributed by atoms with Gasteiger partial charge in [0.15, 0.2) is 0 Å². The fourth-order valence-electron chi connectivity index (χ4n) is 1.30. The standard InChI is InChI=1S/C12H10BrNO2S/c1-16-9-4-2-8(3-5-9)14-12(15)10-6-7-11(13)17-10/h2-7H,1H3,(H,14,15). The van der Waals surface area contributed by atoms with Crippen LogP contribution in [0, 0.1) is 0 Å². The van der Waals surface area contributed by atoms with Crippen LogP contribution in [0.5, 0.6) is 5.75 Å². The minimum Gasteiger partial charge on any atom is -0.497 e. The van der Waals surface area contributed by atoms with E-state index in [1.165, 1.54) is 11.3 Å². The predicted octanol–water partition coefficient (Wildman–Crippen LogP) is 3.77. The number of thiophene rings is 1. The Labute approximate surface area is 112 Å². The van der Waals surface area contributed by atoms with Crippen molar-refractivity contribution in [1.82, 2.24) is 0 Å². The number of halogens is 1. The molecule has 1 amide bonds. The van der Waals surface area contributed by atoms with Crippen LogP contribution in [-0.2, 0) is 0 Å². The SMILES string of the molecule is COc1ccc(NC(=O)c2ccc(Br)s2)cc1. The first-order valence-electron chi connectivity index (χ1n) is 4.90. The summed E-state index contributed by atoms with van der Waals surface area (Å²) < 4.78 is 5.99. The van der Waals surface area contributed by atoms with Crippen LogP contribution in [0.3, 0.4) is 0 Å². The van der Waals surface area contributed by atoms with Crippen LogP contribution in [-0.4, -0.2) is 13.0 Å². The zero-order chi connectivity index (χ0) is 12.3. The van der Waals surface area contributed by atoms with Crippen LogP contribution in [0.4, 0.5) is 5.69 Å². The minimum atomic E-state index is -0.106. The van der Waals surface area contributed by atoms with Gasteiger partial charge in [-0.3, -0.25) is 4.79 Å². The number of rotatable bonds is 3. The highest BCUT2D eigenvalue weighted by atomic mass is 79.9. The Morgan fingerprint density at radius 3 is 2.47 bits per heavy atom. The van der Waals surface area contributed by atoms with Crippen molar-refractivity contribution >= 4 is 38.9 Å². The van der Waals surface area contributed by atoms with Crippen molar-refractivity contribution in [3.8, 4) is 5.75 Å². The summed E-state index contributed by atoms with van der Waals surface area (Å²) >= 11 is 4.73. The maximum Gasteiger partial charge on any atom is 0.265 e. The number of benzene rings is 1. The predicted molar refractivity (Wildman–Crippen MR) is 73.0 cm³/mol. The van der Waals surface area contributed by atoms with E-state index in [-0.39, 0.29) is 5.91 Å². The molecule has 1 aromatic carbocycles. The van der Waals surface area contributed by atoms with Gasteiger partial charge < -0.3 is 10.1 Å². The number of nitrogens with one attached hydrogen (secondary N) is 1. The van der Waals surface area contributed by atoms with E-state index < -0.39 is 0 Å². The van der Waals surface area contributed by atoms with Gasteiger partial charge >= 0.3 is 0 Å². The van der Waals surface area contributed by atoms with E-state index >= 15 is 0 Å². The van der Waals surface area contributed by atoms with E-state index in [1.54, 1.807) is 37.4 Å². The van der Waals surface area contributed by atoms with Crippen molar-refractivity contribution in [3.63, 3.8) is 0 Å². The molecular weight excluding hydrogens is 302 g/mol. The molecule has 0 spiro atoms. The third-order valence-corrected chi connectivity index (χ3v) is 3.77. The van der Waals surface area contributed by atoms with Gasteiger partial charge in [0.2, 0.25) is 0 Å². The normalized spacial score (nSPS) is 10.0. The average Bonchev–Trinajstić information content (AvgIpc) is 2.77. The summed E-state index contributed by atoms with van der Waals surface area (Å²) in [5.41, 5.74) is 0.750. The summed E-state index contributed by atoms with van der Waals surface area (Å²) in [6, 6.07) is 10.9. The first-order valence-corrected chi connectivity index (χ1v) is 6.51. The Kier molecular flexibility index (Phi) is 3.81. The molecule has 88 valence electrons. The van der Waals surface area contributed by atoms with Crippen molar-refractivity contribution in [1.29, 1.82) is 0 Å². The summed E-state index contributed by atoms with van der Waals surface area (Å²) in [6.07, 6.45) is 0. The molecule has 0 saturated heterocycles. The highest BCUT2D eigenvalue weighted by molar-refractivity contribution is 9.11. The van der Waals surface area contributed by atoms with Gasteiger partial charge in [0.25, 0.3) is 5.91 Å². The molecule has 1 heterocycles. The number of ether oxygens (including phenoxy) is 1. The molecule has 1 N–H and O–H groups in total. The van der Waals surface area contributed by atoms with Gasteiger partial charge in [0, 0.05) is 5.69 Å². The zero-order valence-electron chi connectivity index (χ0n) is 9.07. The Bertz CT molecular complexity index is 522. The van der Waals surface area contributed by atoms with Gasteiger partial charge in [0.05, 0.1) is 15.8 Å². The van der Waals surface area contributed by atoms with Crippen LogP contribution in [0.2, 0.25) is 0 Å². The zero-order valence-corrected chi connectivity index (χ0v) is 11.5. The number of methoxy groups -OCH3 is 1. The van der Waals surface area contributed by atoms with Crippen LogP contribution >= 0.6 is 27.3 Å². The first kappa shape index (κ1) is 12.1. The second kappa shape index (κ2) is 5.33. The lowest BCUT2D eigenvalue weighted by Gasteiger charge is -2.04. The molecule has 17 heavy (non-hydrogen) atoms. The number of amides is 1. The molecule has 3 nitrogen and oxygen atoms in total. The molecule has 5 heteroatoms. The molecule has 1 aromatic heterocycles. The van der Waals surface area contributed by atoms with Gasteiger partial charge in [-0.2, -0.15) is 0 Å². The first-order chi connectivity index (χ1) is 8.19. The second-order valence-electron chi connectivity index (χ2n) is 3.29. The minimum absolute atomic E-state index is 0.106. The quantitative estimate of drug-likeness (QED) is 0.937. The molecule has 0 aliphatic carbocycles. The summed E-state index contributed by atoms with van der Waals surface area (Å²) in [5, 5.41) is 2.82. The monoisotopic (exact) mass is 311 g/mol. The number of anilines is 1. The van der Waals surface area contributed by atoms with E-state index in [2.05, 4.69) is 21.2 Å². The molecule has 0 aliphatic heterocycles. The highest BCUT2D eigenvalue weighted by Crippen LogP contribution is 2.23. The summed E-state index contributed by atoms with van der Waals surface area (Å²) in [5.74, 6) is 0.660. The molecule has 0 unspecified atom stereocenters. The van der Waals surface area contributed by atoms with Crippen LogP contribution in [0.1, 0.15) is 9.67 Å². The van der Waals surface area contributed by atoms with Gasteiger partial charge in [-0.1, -0.05) is 0 Å². The molecule has 0 aliphatic rings. The Hall–Kier alpha value is -1.33. The molecule has 0 saturated carbocycles. The number of carbonyl (C=O) groups is 1. The maximum absolute atomic E-state index is 11.8. The molecule has 2 aromatic rings. The topological polar surface area (TPSA) is 38.3 Å². The fraction of sp³-hybridized carbons (Fsp3) is 0.0833. The number of carbonyl (C=O) groups excluding carboxylic acids is 1. The Balaban J connectivity index is 2.07. The summed E-state index contributed by atoms with van der Waals surface area (Å²) in [4.78, 5) is 12.5. The third-order valence-electron chi connectivity index (χ3n) is 2.14. The van der Waals surface area contributed by atoms with Crippen LogP contribution in [0.15, 0.2) is 40.2 Å². The molecular formula is C12H10BrNO2S. The second-order valence-corrected chi connectivity index (χ2v) is 5.75. The molecule has 0 fully saturated rings. The van der Waals surface area contributed by atoms with Crippen molar-refractivity contribution in [2.75, 3.05) is 12.4 Å². The van der Waals surface area contributed by atoms with Gasteiger partial charge in [-0.05, 0) is 52.3 Å². The number of hydrogen-bond acceptors (Lipinski definition) is 3. The summed E-state index contributed by atoms with van der Waals surface area (Å²) in [7, 11) is 1.61. The average molecular weight is 312 g/mol. The lowest BCUT2D eigenvalue weighted by atomic mass is 10.3. The Morgan fingerprint density at radius 2 is 1.94 bits per heavy atom. The van der Waals surface area contributed by atoms with Crippen molar-refractivity contribution in [2.24, 2.45) is 0 Å². The number of hydrogen-bond donors (Lipinski definition) is 1. The lowest BCUT2D eigenvalue weighted by molar-refractivity contribution is 0.103. The summed E-state index contributed by atoms with van der Waals surface area (Å²) in [6.45, 7) is 0. The van der Waals surface area contributed by atoms with Crippen molar-refractivity contribution < 1.29 is 9.53 Å². The van der Waals surface area contributed by atoms with E-state index in [1.807, 2.05) is 6.07 Å². The largest absolute Gasteiger partial charge is 0.497 e. The maximum atomic E-state index is 11.8. The fourth-order valence-corrected chi connectivity index (χ4v) is 2.58. The van der Waals surface area contributed by atoms with Crippen LogP contribution < -0.4 is 10.1 Å². The molecule has 0 bridgehead atoms.